The molecule has 0 atom stereocenters. The van der Waals surface area contributed by atoms with Crippen LogP contribution in [0.5, 0.6) is 0 Å². The lowest BCUT2D eigenvalue weighted by atomic mass is 10.0. The molecule has 0 aliphatic carbocycles. The number of aryl methyl sites for hydroxylation is 3. The first-order valence-electron chi connectivity index (χ1n) is 9.83. The molecule has 0 aliphatic heterocycles. The smallest absolute Gasteiger partial charge is 0.449 e. The first-order chi connectivity index (χ1) is 14.4. The van der Waals surface area contributed by atoms with Gasteiger partial charge in [-0.05, 0) is 87.5 Å². The SMILES string of the molecule is Cc1cc(C)c(SN(Cc2ccc(Br)cc2)C(C)(C)c2ccc(C(F)(F)F)o2)c(C)c1. The van der Waals surface area contributed by atoms with E-state index in [0.717, 1.165) is 32.1 Å². The number of furan rings is 1. The monoisotopic (exact) mass is 511 g/mol. The van der Waals surface area contributed by atoms with Crippen molar-refractivity contribution >= 4 is 27.9 Å². The van der Waals surface area contributed by atoms with E-state index in [2.05, 4.69) is 53.1 Å². The summed E-state index contributed by atoms with van der Waals surface area (Å²) in [5.74, 6) is -0.710. The molecule has 2 aromatic carbocycles. The molecule has 31 heavy (non-hydrogen) atoms. The van der Waals surface area contributed by atoms with Gasteiger partial charge in [0.2, 0.25) is 5.76 Å². The van der Waals surface area contributed by atoms with Gasteiger partial charge in [-0.15, -0.1) is 0 Å². The van der Waals surface area contributed by atoms with Gasteiger partial charge in [0.15, 0.2) is 0 Å². The molecule has 3 aromatic rings. The fraction of sp³-hybridized carbons (Fsp3) is 0.333. The average molecular weight is 512 g/mol. The van der Waals surface area contributed by atoms with Crippen LogP contribution in [0.2, 0.25) is 0 Å². The summed E-state index contributed by atoms with van der Waals surface area (Å²) in [6.45, 7) is 10.5. The molecule has 1 heterocycles. The van der Waals surface area contributed by atoms with E-state index in [9.17, 15) is 13.2 Å². The second-order valence-corrected chi connectivity index (χ2v) is 10.2. The fourth-order valence-corrected chi connectivity index (χ4v) is 4.88. The summed E-state index contributed by atoms with van der Waals surface area (Å²) in [6.07, 6.45) is -4.51. The highest BCUT2D eigenvalue weighted by atomic mass is 79.9. The summed E-state index contributed by atoms with van der Waals surface area (Å²) >= 11 is 5.00. The van der Waals surface area contributed by atoms with Gasteiger partial charge in [0.05, 0.1) is 5.54 Å². The highest BCUT2D eigenvalue weighted by Gasteiger charge is 2.39. The molecule has 2 nitrogen and oxygen atoms in total. The van der Waals surface area contributed by atoms with Gasteiger partial charge in [-0.3, -0.25) is 0 Å². The van der Waals surface area contributed by atoms with Crippen LogP contribution in [-0.4, -0.2) is 4.31 Å². The summed E-state index contributed by atoms with van der Waals surface area (Å²) in [4.78, 5) is 1.10. The Hall–Kier alpha value is -1.70. The van der Waals surface area contributed by atoms with Crippen LogP contribution in [0.25, 0.3) is 0 Å². The number of benzene rings is 2. The molecule has 0 radical (unpaired) electrons. The Bertz CT molecular complexity index is 1030. The van der Waals surface area contributed by atoms with Gasteiger partial charge < -0.3 is 4.42 Å². The van der Waals surface area contributed by atoms with Crippen LogP contribution < -0.4 is 0 Å². The molecule has 0 unspecified atom stereocenters. The second kappa shape index (κ2) is 9.04. The van der Waals surface area contributed by atoms with Gasteiger partial charge in [0.1, 0.15) is 5.76 Å². The van der Waals surface area contributed by atoms with Crippen LogP contribution in [0, 0.1) is 20.8 Å². The zero-order valence-corrected chi connectivity index (χ0v) is 20.5. The van der Waals surface area contributed by atoms with Crippen molar-refractivity contribution < 1.29 is 17.6 Å². The molecule has 1 aromatic heterocycles. The van der Waals surface area contributed by atoms with Crippen LogP contribution in [0.15, 0.2) is 62.3 Å². The third kappa shape index (κ3) is 5.57. The maximum Gasteiger partial charge on any atom is 0.449 e. The lowest BCUT2D eigenvalue weighted by molar-refractivity contribution is -0.154. The van der Waals surface area contributed by atoms with Gasteiger partial charge >= 0.3 is 6.18 Å². The standard InChI is InChI=1S/C24H25BrF3NOS/c1-15-12-16(2)22(17(3)13-15)31-29(14-18-6-8-19(25)9-7-18)23(4,5)20-10-11-21(30-20)24(26,27)28/h6-13H,14H2,1-5H3. The van der Waals surface area contributed by atoms with E-state index in [1.807, 2.05) is 38.1 Å². The minimum atomic E-state index is -4.51. The first kappa shape index (κ1) is 24.0. The van der Waals surface area contributed by atoms with E-state index in [4.69, 9.17) is 4.42 Å². The molecule has 0 spiro atoms. The topological polar surface area (TPSA) is 16.4 Å². The largest absolute Gasteiger partial charge is 0.455 e. The molecule has 0 fully saturated rings. The third-order valence-electron chi connectivity index (χ3n) is 5.16. The minimum Gasteiger partial charge on any atom is -0.455 e. The van der Waals surface area contributed by atoms with Crippen LogP contribution >= 0.6 is 27.9 Å². The summed E-state index contributed by atoms with van der Waals surface area (Å²) in [5.41, 5.74) is 3.70. The van der Waals surface area contributed by atoms with E-state index < -0.39 is 17.5 Å². The van der Waals surface area contributed by atoms with E-state index >= 15 is 0 Å². The van der Waals surface area contributed by atoms with Crippen molar-refractivity contribution in [2.45, 2.75) is 57.8 Å². The predicted octanol–water partition coefficient (Wildman–Crippen LogP) is 8.43. The van der Waals surface area contributed by atoms with Crippen LogP contribution in [-0.2, 0) is 18.3 Å². The van der Waals surface area contributed by atoms with Crippen LogP contribution in [0.1, 0.15) is 47.6 Å². The van der Waals surface area contributed by atoms with Gasteiger partial charge in [0.25, 0.3) is 0 Å². The summed E-state index contributed by atoms with van der Waals surface area (Å²) < 4.78 is 47.8. The van der Waals surface area contributed by atoms with Crippen molar-refractivity contribution in [3.63, 3.8) is 0 Å². The van der Waals surface area contributed by atoms with Gasteiger partial charge in [0, 0.05) is 15.9 Å². The second-order valence-electron chi connectivity index (χ2n) is 8.20. The lowest BCUT2D eigenvalue weighted by Gasteiger charge is -2.36. The molecule has 7 heteroatoms. The highest BCUT2D eigenvalue weighted by molar-refractivity contribution is 9.10. The number of rotatable bonds is 6. The number of hydrogen-bond acceptors (Lipinski definition) is 3. The van der Waals surface area contributed by atoms with Gasteiger partial charge in [-0.1, -0.05) is 45.8 Å². The number of alkyl halides is 3. The van der Waals surface area contributed by atoms with Crippen molar-refractivity contribution in [2.75, 3.05) is 0 Å². The Morgan fingerprint density at radius 1 is 0.903 bits per heavy atom. The number of halogens is 4. The zero-order chi connectivity index (χ0) is 23.0. The molecule has 0 bridgehead atoms. The molecule has 166 valence electrons. The fourth-order valence-electron chi connectivity index (χ4n) is 3.46. The number of nitrogens with zero attached hydrogens (tertiary/aromatic N) is 1. The van der Waals surface area contributed by atoms with Crippen LogP contribution in [0.3, 0.4) is 0 Å². The number of hydrogen-bond donors (Lipinski definition) is 0. The Kier molecular flexibility index (Phi) is 6.99. The zero-order valence-electron chi connectivity index (χ0n) is 18.1. The normalized spacial score (nSPS) is 12.6. The Morgan fingerprint density at radius 2 is 1.45 bits per heavy atom. The van der Waals surface area contributed by atoms with Crippen molar-refractivity contribution in [1.82, 2.24) is 4.31 Å². The minimum absolute atomic E-state index is 0.270. The van der Waals surface area contributed by atoms with Crippen molar-refractivity contribution in [1.29, 1.82) is 0 Å². The van der Waals surface area contributed by atoms with E-state index in [0.29, 0.717) is 6.54 Å². The van der Waals surface area contributed by atoms with Gasteiger partial charge in [-0.2, -0.15) is 13.2 Å². The molecular weight excluding hydrogens is 487 g/mol. The molecule has 0 saturated carbocycles. The average Bonchev–Trinajstić information content (AvgIpc) is 3.16. The molecular formula is C24H25BrF3NOS. The van der Waals surface area contributed by atoms with E-state index in [1.165, 1.54) is 11.6 Å². The summed E-state index contributed by atoms with van der Waals surface area (Å²) in [7, 11) is 0. The molecule has 0 aliphatic rings. The summed E-state index contributed by atoms with van der Waals surface area (Å²) in [6, 6.07) is 14.6. The first-order valence-corrected chi connectivity index (χ1v) is 11.4. The van der Waals surface area contributed by atoms with E-state index in [1.54, 1.807) is 11.9 Å². The van der Waals surface area contributed by atoms with Crippen molar-refractivity contribution in [3.05, 3.63) is 86.8 Å². The molecule has 0 N–H and O–H groups in total. The maximum atomic E-state index is 13.1. The third-order valence-corrected chi connectivity index (χ3v) is 7.32. The van der Waals surface area contributed by atoms with Gasteiger partial charge in [-0.25, -0.2) is 4.31 Å². The highest BCUT2D eigenvalue weighted by Crippen LogP contribution is 2.42. The van der Waals surface area contributed by atoms with Crippen molar-refractivity contribution in [3.8, 4) is 0 Å². The molecule has 0 saturated heterocycles. The maximum absolute atomic E-state index is 13.1. The molecule has 0 amide bonds. The summed E-state index contributed by atoms with van der Waals surface area (Å²) in [5, 5.41) is 0. The Balaban J connectivity index is 2.02. The molecule has 3 rings (SSSR count). The lowest BCUT2D eigenvalue weighted by Crippen LogP contribution is -2.36. The van der Waals surface area contributed by atoms with E-state index in [-0.39, 0.29) is 5.76 Å². The predicted molar refractivity (Wildman–Crippen MR) is 123 cm³/mol. The quantitative estimate of drug-likeness (QED) is 0.309. The van der Waals surface area contributed by atoms with Crippen molar-refractivity contribution in [2.24, 2.45) is 0 Å². The Labute approximate surface area is 194 Å². The van der Waals surface area contributed by atoms with Crippen LogP contribution in [0.4, 0.5) is 13.2 Å². The Morgan fingerprint density at radius 3 is 1.97 bits per heavy atom.